The van der Waals surface area contributed by atoms with Crippen LogP contribution >= 0.6 is 11.3 Å². The number of thiophene rings is 1. The molecule has 3 aromatic rings. The molecule has 0 atom stereocenters. The minimum absolute atomic E-state index is 0.0415. The van der Waals surface area contributed by atoms with E-state index in [9.17, 15) is 9.59 Å². The summed E-state index contributed by atoms with van der Waals surface area (Å²) in [7, 11) is 3.00. The molecule has 7 heteroatoms. The first-order chi connectivity index (χ1) is 13.4. The summed E-state index contributed by atoms with van der Waals surface area (Å²) in [5.74, 6) is 1.21. The average molecular weight is 401 g/mol. The molecular formula is C21H24N2O4S. The molecule has 0 aliphatic carbocycles. The third-order valence-corrected chi connectivity index (χ3v) is 5.98. The van der Waals surface area contributed by atoms with Crippen LogP contribution in [0.25, 0.3) is 10.2 Å². The van der Waals surface area contributed by atoms with Crippen LogP contribution in [0.15, 0.2) is 29.1 Å². The van der Waals surface area contributed by atoms with Crippen LogP contribution in [0.3, 0.4) is 0 Å². The van der Waals surface area contributed by atoms with Gasteiger partial charge in [-0.05, 0) is 43.5 Å². The summed E-state index contributed by atoms with van der Waals surface area (Å²) >= 11 is 1.55. The van der Waals surface area contributed by atoms with Crippen molar-refractivity contribution in [1.29, 1.82) is 0 Å². The lowest BCUT2D eigenvalue weighted by Gasteiger charge is -2.13. The Balaban J connectivity index is 2.01. The van der Waals surface area contributed by atoms with E-state index in [0.29, 0.717) is 30.6 Å². The van der Waals surface area contributed by atoms with Crippen LogP contribution in [0.1, 0.15) is 34.7 Å². The molecule has 2 aromatic heterocycles. The summed E-state index contributed by atoms with van der Waals surface area (Å²) in [4.78, 5) is 31.3. The maximum absolute atomic E-state index is 13.2. The van der Waals surface area contributed by atoms with E-state index >= 15 is 0 Å². The van der Waals surface area contributed by atoms with Crippen LogP contribution < -0.4 is 10.3 Å². The van der Waals surface area contributed by atoms with Gasteiger partial charge in [-0.3, -0.25) is 14.2 Å². The number of nitrogens with zero attached hydrogens (tertiary/aromatic N) is 2. The zero-order valence-corrected chi connectivity index (χ0v) is 17.4. The Kier molecular flexibility index (Phi) is 6.14. The second kappa shape index (κ2) is 8.56. The highest BCUT2D eigenvalue weighted by molar-refractivity contribution is 7.18. The molecule has 0 fully saturated rings. The van der Waals surface area contributed by atoms with E-state index < -0.39 is 0 Å². The van der Waals surface area contributed by atoms with Crippen molar-refractivity contribution in [2.24, 2.45) is 0 Å². The molecule has 0 amide bonds. The number of methoxy groups -OCH3 is 2. The number of fused-ring (bicyclic) bond motifs is 1. The van der Waals surface area contributed by atoms with Crippen molar-refractivity contribution in [1.82, 2.24) is 9.55 Å². The van der Waals surface area contributed by atoms with Crippen molar-refractivity contribution >= 4 is 27.5 Å². The number of aryl methyl sites for hydroxylation is 2. The SMILES string of the molecule is COC(=O)CCCn1c(Cc2ccc(OC)cc2)nc2sc(C)c(C)c2c1=O. The van der Waals surface area contributed by atoms with Crippen LogP contribution in [0.4, 0.5) is 0 Å². The van der Waals surface area contributed by atoms with E-state index in [1.54, 1.807) is 23.0 Å². The summed E-state index contributed by atoms with van der Waals surface area (Å²) in [6.07, 6.45) is 1.32. The molecule has 0 saturated carbocycles. The number of aromatic nitrogens is 2. The van der Waals surface area contributed by atoms with Crippen molar-refractivity contribution in [3.05, 3.63) is 56.4 Å². The van der Waals surface area contributed by atoms with Gasteiger partial charge in [0, 0.05) is 24.3 Å². The normalized spacial score (nSPS) is 11.0. The zero-order chi connectivity index (χ0) is 20.3. The fourth-order valence-corrected chi connectivity index (χ4v) is 4.18. The number of carbonyl (C=O) groups is 1. The van der Waals surface area contributed by atoms with Crippen LogP contribution in [-0.2, 0) is 22.5 Å². The first-order valence-corrected chi connectivity index (χ1v) is 9.95. The molecule has 0 N–H and O–H groups in total. The predicted molar refractivity (Wildman–Crippen MR) is 110 cm³/mol. The Morgan fingerprint density at radius 3 is 2.54 bits per heavy atom. The smallest absolute Gasteiger partial charge is 0.305 e. The summed E-state index contributed by atoms with van der Waals surface area (Å²) in [5, 5.41) is 0.680. The Hall–Kier alpha value is -2.67. The molecule has 28 heavy (non-hydrogen) atoms. The molecule has 0 bridgehead atoms. The minimum atomic E-state index is -0.277. The lowest BCUT2D eigenvalue weighted by Crippen LogP contribution is -2.26. The first-order valence-electron chi connectivity index (χ1n) is 9.13. The lowest BCUT2D eigenvalue weighted by molar-refractivity contribution is -0.140. The van der Waals surface area contributed by atoms with Crippen molar-refractivity contribution in [3.63, 3.8) is 0 Å². The topological polar surface area (TPSA) is 70.4 Å². The van der Waals surface area contributed by atoms with Gasteiger partial charge in [0.15, 0.2) is 0 Å². The maximum Gasteiger partial charge on any atom is 0.305 e. The van der Waals surface area contributed by atoms with Crippen molar-refractivity contribution in [2.45, 2.75) is 39.7 Å². The van der Waals surface area contributed by atoms with Gasteiger partial charge in [0.1, 0.15) is 16.4 Å². The predicted octanol–water partition coefficient (Wildman–Crippen LogP) is 3.63. The molecule has 0 aliphatic rings. The Bertz CT molecular complexity index is 1050. The van der Waals surface area contributed by atoms with Gasteiger partial charge in [-0.25, -0.2) is 4.98 Å². The van der Waals surface area contributed by atoms with Gasteiger partial charge in [0.05, 0.1) is 19.6 Å². The third-order valence-electron chi connectivity index (χ3n) is 4.88. The molecule has 0 aliphatic heterocycles. The van der Waals surface area contributed by atoms with E-state index in [0.717, 1.165) is 26.6 Å². The summed E-state index contributed by atoms with van der Waals surface area (Å²) in [5.41, 5.74) is 1.98. The Morgan fingerprint density at radius 2 is 1.89 bits per heavy atom. The standard InChI is InChI=1S/C21H24N2O4S/c1-13-14(2)28-20-19(13)21(25)23(11-5-6-18(24)27-4)17(22-20)12-15-7-9-16(26-3)10-8-15/h7-10H,5-6,11-12H2,1-4H3. The number of carbonyl (C=O) groups excluding carboxylic acids is 1. The highest BCUT2D eigenvalue weighted by Crippen LogP contribution is 2.27. The van der Waals surface area contributed by atoms with E-state index in [1.165, 1.54) is 7.11 Å². The van der Waals surface area contributed by atoms with Gasteiger partial charge in [-0.1, -0.05) is 12.1 Å². The first kappa shape index (κ1) is 20.1. The summed E-state index contributed by atoms with van der Waals surface area (Å²) in [6, 6.07) is 7.73. The van der Waals surface area contributed by atoms with Gasteiger partial charge in [0.25, 0.3) is 5.56 Å². The number of hydrogen-bond acceptors (Lipinski definition) is 6. The third kappa shape index (κ3) is 4.09. The quantitative estimate of drug-likeness (QED) is 0.567. The molecule has 148 valence electrons. The summed E-state index contributed by atoms with van der Waals surface area (Å²) < 4.78 is 11.6. The molecule has 0 saturated heterocycles. The van der Waals surface area contributed by atoms with E-state index in [1.807, 2.05) is 38.1 Å². The van der Waals surface area contributed by atoms with Crippen LogP contribution in [0, 0.1) is 13.8 Å². The van der Waals surface area contributed by atoms with Crippen molar-refractivity contribution in [2.75, 3.05) is 14.2 Å². The Morgan fingerprint density at radius 1 is 1.18 bits per heavy atom. The number of rotatable bonds is 7. The largest absolute Gasteiger partial charge is 0.497 e. The highest BCUT2D eigenvalue weighted by atomic mass is 32.1. The minimum Gasteiger partial charge on any atom is -0.497 e. The number of hydrogen-bond donors (Lipinski definition) is 0. The second-order valence-corrected chi connectivity index (χ2v) is 7.86. The van der Waals surface area contributed by atoms with Crippen molar-refractivity contribution in [3.8, 4) is 5.75 Å². The molecule has 6 nitrogen and oxygen atoms in total. The van der Waals surface area contributed by atoms with Gasteiger partial charge in [-0.15, -0.1) is 11.3 Å². The molecule has 0 spiro atoms. The maximum atomic E-state index is 13.2. The fraction of sp³-hybridized carbons (Fsp3) is 0.381. The van der Waals surface area contributed by atoms with Gasteiger partial charge in [-0.2, -0.15) is 0 Å². The van der Waals surface area contributed by atoms with Gasteiger partial charge in [0.2, 0.25) is 0 Å². The summed E-state index contributed by atoms with van der Waals surface area (Å²) in [6.45, 7) is 4.39. The van der Waals surface area contributed by atoms with Crippen LogP contribution in [-0.4, -0.2) is 29.7 Å². The molecule has 2 heterocycles. The molecule has 0 radical (unpaired) electrons. The zero-order valence-electron chi connectivity index (χ0n) is 16.6. The number of ether oxygens (including phenoxy) is 2. The number of benzene rings is 1. The molecular weight excluding hydrogens is 376 g/mol. The van der Waals surface area contributed by atoms with Gasteiger partial charge >= 0.3 is 5.97 Å². The van der Waals surface area contributed by atoms with Gasteiger partial charge < -0.3 is 9.47 Å². The van der Waals surface area contributed by atoms with E-state index in [-0.39, 0.29) is 17.9 Å². The number of esters is 1. The van der Waals surface area contributed by atoms with Crippen LogP contribution in [0.5, 0.6) is 5.75 Å². The van der Waals surface area contributed by atoms with E-state index in [4.69, 9.17) is 14.5 Å². The van der Waals surface area contributed by atoms with Crippen LogP contribution in [0.2, 0.25) is 0 Å². The second-order valence-electron chi connectivity index (χ2n) is 6.65. The molecule has 1 aromatic carbocycles. The highest BCUT2D eigenvalue weighted by Gasteiger charge is 2.17. The lowest BCUT2D eigenvalue weighted by atomic mass is 10.1. The molecule has 0 unspecified atom stereocenters. The monoisotopic (exact) mass is 400 g/mol. The van der Waals surface area contributed by atoms with E-state index in [2.05, 4.69) is 0 Å². The Labute approximate surface area is 167 Å². The average Bonchev–Trinajstić information content (AvgIpc) is 2.98. The van der Waals surface area contributed by atoms with Crippen molar-refractivity contribution < 1.29 is 14.3 Å². The molecule has 3 rings (SSSR count). The fourth-order valence-electron chi connectivity index (χ4n) is 3.14.